The van der Waals surface area contributed by atoms with Crippen LogP contribution in [0.25, 0.3) is 10.8 Å². The Kier molecular flexibility index (Phi) is 3.71. The van der Waals surface area contributed by atoms with Gasteiger partial charge in [-0.15, -0.1) is 0 Å². The molecule has 0 saturated carbocycles. The van der Waals surface area contributed by atoms with Gasteiger partial charge in [0.1, 0.15) is 18.1 Å². The number of carbonyl (C=O) groups is 1. The van der Waals surface area contributed by atoms with Crippen molar-refractivity contribution in [2.75, 3.05) is 0 Å². The van der Waals surface area contributed by atoms with E-state index in [0.29, 0.717) is 12.0 Å². The summed E-state index contributed by atoms with van der Waals surface area (Å²) in [6.07, 6.45) is 2.69. The van der Waals surface area contributed by atoms with Gasteiger partial charge in [0.05, 0.1) is 6.26 Å². The van der Waals surface area contributed by atoms with E-state index in [1.54, 1.807) is 18.2 Å². The van der Waals surface area contributed by atoms with Gasteiger partial charge in [-0.2, -0.15) is 0 Å². The molecule has 2 N–H and O–H groups in total. The van der Waals surface area contributed by atoms with Crippen LogP contribution in [0.5, 0.6) is 11.5 Å². The van der Waals surface area contributed by atoms with E-state index >= 15 is 0 Å². The summed E-state index contributed by atoms with van der Waals surface area (Å²) in [5, 5.41) is 20.5. The van der Waals surface area contributed by atoms with Crippen LogP contribution in [0.3, 0.4) is 0 Å². The van der Waals surface area contributed by atoms with Gasteiger partial charge in [0.25, 0.3) is 0 Å². The lowest BCUT2D eigenvalue weighted by molar-refractivity contribution is -0.112. The highest BCUT2D eigenvalue weighted by Crippen LogP contribution is 2.30. The normalized spacial score (nSPS) is 11.0. The molecule has 0 aliphatic carbocycles. The van der Waals surface area contributed by atoms with Gasteiger partial charge in [0.15, 0.2) is 5.78 Å². The summed E-state index contributed by atoms with van der Waals surface area (Å²) in [5.41, 5.74) is 0.863. The third-order valence-electron chi connectivity index (χ3n) is 2.63. The van der Waals surface area contributed by atoms with E-state index in [2.05, 4.69) is 0 Å². The lowest BCUT2D eigenvalue weighted by Crippen LogP contribution is -1.88. The molecule has 2 aromatic rings. The van der Waals surface area contributed by atoms with Gasteiger partial charge in [-0.25, -0.2) is 0 Å². The van der Waals surface area contributed by atoms with Crippen LogP contribution in [0.4, 0.5) is 0 Å². The molecule has 0 fully saturated rings. The third kappa shape index (κ3) is 3.25. The van der Waals surface area contributed by atoms with Crippen molar-refractivity contribution in [3.63, 3.8) is 0 Å². The maximum Gasteiger partial charge on any atom is 0.155 e. The zero-order valence-electron chi connectivity index (χ0n) is 10.5. The second-order valence-corrected chi connectivity index (χ2v) is 4.24. The quantitative estimate of drug-likeness (QED) is 0.653. The second-order valence-electron chi connectivity index (χ2n) is 4.24. The molecule has 0 bridgehead atoms. The van der Waals surface area contributed by atoms with Crippen LogP contribution in [-0.2, 0) is 16.1 Å². The van der Waals surface area contributed by atoms with Crippen molar-refractivity contribution in [2.24, 2.45) is 0 Å². The highest BCUT2D eigenvalue weighted by molar-refractivity contribution is 5.90. The highest BCUT2D eigenvalue weighted by Gasteiger charge is 2.03. The Morgan fingerprint density at radius 2 is 2.05 bits per heavy atom. The Bertz CT molecular complexity index is 644. The molecule has 0 aromatic heterocycles. The van der Waals surface area contributed by atoms with E-state index in [1.807, 2.05) is 6.07 Å². The predicted octanol–water partition coefficient (Wildman–Crippen LogP) is 2.87. The molecule has 0 aliphatic rings. The van der Waals surface area contributed by atoms with E-state index in [0.717, 1.165) is 10.9 Å². The number of hydrogen-bond acceptors (Lipinski definition) is 4. The molecule has 0 aliphatic heterocycles. The summed E-state index contributed by atoms with van der Waals surface area (Å²) in [6.45, 7) is 1.75. The molecule has 19 heavy (non-hydrogen) atoms. The molecule has 0 heterocycles. The van der Waals surface area contributed by atoms with Crippen LogP contribution >= 0.6 is 0 Å². The standard InChI is InChI=1S/C15H14O4/c1-10(16)4-5-19-9-11-2-3-12-7-13(17)8-15(18)14(12)6-11/h2-8,17-18H,9H2,1H3. The molecule has 0 unspecified atom stereocenters. The average molecular weight is 258 g/mol. The lowest BCUT2D eigenvalue weighted by atomic mass is 10.1. The van der Waals surface area contributed by atoms with Crippen molar-refractivity contribution in [1.82, 2.24) is 0 Å². The molecule has 98 valence electrons. The largest absolute Gasteiger partial charge is 0.508 e. The SMILES string of the molecule is CC(=O)C=COCc1ccc2cc(O)cc(O)c2c1. The third-order valence-corrected chi connectivity index (χ3v) is 2.63. The number of allylic oxidation sites excluding steroid dienone is 1. The first-order chi connectivity index (χ1) is 9.06. The van der Waals surface area contributed by atoms with Crippen molar-refractivity contribution >= 4 is 16.6 Å². The zero-order chi connectivity index (χ0) is 13.8. The van der Waals surface area contributed by atoms with Crippen LogP contribution in [0, 0.1) is 0 Å². The van der Waals surface area contributed by atoms with E-state index in [1.165, 1.54) is 25.3 Å². The summed E-state index contributed by atoms with van der Waals surface area (Å²) >= 11 is 0. The van der Waals surface area contributed by atoms with Gasteiger partial charge < -0.3 is 14.9 Å². The Balaban J connectivity index is 2.20. The Hall–Kier alpha value is -2.49. The van der Waals surface area contributed by atoms with Crippen molar-refractivity contribution in [3.8, 4) is 11.5 Å². The molecule has 0 amide bonds. The molecule has 0 spiro atoms. The maximum absolute atomic E-state index is 10.7. The van der Waals surface area contributed by atoms with Gasteiger partial charge >= 0.3 is 0 Å². The van der Waals surface area contributed by atoms with E-state index < -0.39 is 0 Å². The molecule has 4 nitrogen and oxygen atoms in total. The Labute approximate surface area is 110 Å². The molecule has 2 aromatic carbocycles. The van der Waals surface area contributed by atoms with Gasteiger partial charge in [0, 0.05) is 17.5 Å². The summed E-state index contributed by atoms with van der Waals surface area (Å²) in [5.74, 6) is -0.0267. The molecule has 4 heteroatoms. The fourth-order valence-electron chi connectivity index (χ4n) is 1.75. The first kappa shape index (κ1) is 13.0. The number of ether oxygens (including phenoxy) is 1. The van der Waals surface area contributed by atoms with Crippen LogP contribution in [-0.4, -0.2) is 16.0 Å². The minimum Gasteiger partial charge on any atom is -0.508 e. The first-order valence-corrected chi connectivity index (χ1v) is 5.79. The molecule has 0 saturated heterocycles. The van der Waals surface area contributed by atoms with Gasteiger partial charge in [-0.3, -0.25) is 4.79 Å². The average Bonchev–Trinajstić information content (AvgIpc) is 2.35. The zero-order valence-corrected chi connectivity index (χ0v) is 10.5. The Morgan fingerprint density at radius 3 is 2.79 bits per heavy atom. The molecule has 2 rings (SSSR count). The summed E-state index contributed by atoms with van der Waals surface area (Å²) in [7, 11) is 0. The fourth-order valence-corrected chi connectivity index (χ4v) is 1.75. The number of hydrogen-bond donors (Lipinski definition) is 2. The number of phenols is 2. The highest BCUT2D eigenvalue weighted by atomic mass is 16.5. The van der Waals surface area contributed by atoms with Crippen LogP contribution in [0.15, 0.2) is 42.7 Å². The van der Waals surface area contributed by atoms with Gasteiger partial charge in [0.2, 0.25) is 0 Å². The fraction of sp³-hybridized carbons (Fsp3) is 0.133. The number of phenolic OH excluding ortho intramolecular Hbond substituents is 2. The monoisotopic (exact) mass is 258 g/mol. The van der Waals surface area contributed by atoms with Crippen molar-refractivity contribution in [3.05, 3.63) is 48.2 Å². The lowest BCUT2D eigenvalue weighted by Gasteiger charge is -2.06. The first-order valence-electron chi connectivity index (χ1n) is 5.79. The maximum atomic E-state index is 10.7. The number of fused-ring (bicyclic) bond motifs is 1. The number of ketones is 1. The minimum atomic E-state index is -0.0772. The number of rotatable bonds is 4. The van der Waals surface area contributed by atoms with E-state index in [4.69, 9.17) is 4.74 Å². The van der Waals surface area contributed by atoms with E-state index in [9.17, 15) is 15.0 Å². The summed E-state index contributed by atoms with van der Waals surface area (Å²) in [4.78, 5) is 10.7. The summed E-state index contributed by atoms with van der Waals surface area (Å²) < 4.78 is 5.21. The molecule has 0 radical (unpaired) electrons. The van der Waals surface area contributed by atoms with Crippen LogP contribution in [0.2, 0.25) is 0 Å². The minimum absolute atomic E-state index is 0.0242. The smallest absolute Gasteiger partial charge is 0.155 e. The Morgan fingerprint density at radius 1 is 1.26 bits per heavy atom. The van der Waals surface area contributed by atoms with Crippen LogP contribution in [0.1, 0.15) is 12.5 Å². The number of aromatic hydroxyl groups is 2. The second kappa shape index (κ2) is 5.44. The van der Waals surface area contributed by atoms with Gasteiger partial charge in [-0.05, 0) is 30.0 Å². The van der Waals surface area contributed by atoms with Crippen LogP contribution < -0.4 is 0 Å². The van der Waals surface area contributed by atoms with Crippen molar-refractivity contribution < 1.29 is 19.7 Å². The molecular weight excluding hydrogens is 244 g/mol. The van der Waals surface area contributed by atoms with E-state index in [-0.39, 0.29) is 17.3 Å². The molecule has 0 atom stereocenters. The number of benzene rings is 2. The topological polar surface area (TPSA) is 66.8 Å². The van der Waals surface area contributed by atoms with Crippen molar-refractivity contribution in [1.29, 1.82) is 0 Å². The molecular formula is C15H14O4. The van der Waals surface area contributed by atoms with Gasteiger partial charge in [-0.1, -0.05) is 12.1 Å². The summed E-state index contributed by atoms with van der Waals surface area (Å²) in [6, 6.07) is 8.29. The predicted molar refractivity (Wildman–Crippen MR) is 71.9 cm³/mol. The number of carbonyl (C=O) groups excluding carboxylic acids is 1. The van der Waals surface area contributed by atoms with Crippen molar-refractivity contribution in [2.45, 2.75) is 13.5 Å².